The molecule has 0 radical (unpaired) electrons. The molecule has 2 aliphatic carbocycles. The summed E-state index contributed by atoms with van der Waals surface area (Å²) in [6.07, 6.45) is 7.07. The van der Waals surface area contributed by atoms with Crippen LogP contribution in [0.2, 0.25) is 0 Å². The molecule has 2 heteroatoms. The Morgan fingerprint density at radius 3 is 2.25 bits per heavy atom. The molecule has 0 atom stereocenters. The van der Waals surface area contributed by atoms with E-state index in [1.165, 1.54) is 51.6 Å². The van der Waals surface area contributed by atoms with E-state index < -0.39 is 0 Å². The van der Waals surface area contributed by atoms with Crippen molar-refractivity contribution in [3.63, 3.8) is 0 Å². The van der Waals surface area contributed by atoms with Crippen molar-refractivity contribution in [1.29, 1.82) is 0 Å². The SMILES string of the molecule is Cc1ccc2c(oc3c(C4=CC(C)(C)C5=C4C(C)(C)CCC5(C)C)cccc32)c1-c1cccc[n+]1C. The minimum absolute atomic E-state index is 0.0274. The summed E-state index contributed by atoms with van der Waals surface area (Å²) < 4.78 is 9.09. The van der Waals surface area contributed by atoms with Crippen molar-refractivity contribution in [1.82, 2.24) is 0 Å². The number of allylic oxidation sites excluding steroid dienone is 4. The van der Waals surface area contributed by atoms with Crippen LogP contribution in [0.25, 0.3) is 38.8 Å². The largest absolute Gasteiger partial charge is 0.454 e. The molecular formula is C34H38NO+. The number of fused-ring (bicyclic) bond motifs is 3. The van der Waals surface area contributed by atoms with Gasteiger partial charge < -0.3 is 4.42 Å². The molecule has 0 spiro atoms. The Morgan fingerprint density at radius 1 is 0.778 bits per heavy atom. The Bertz CT molecular complexity index is 1620. The zero-order valence-electron chi connectivity index (χ0n) is 23.0. The Kier molecular flexibility index (Phi) is 4.81. The average Bonchev–Trinajstić information content (AvgIpc) is 3.33. The van der Waals surface area contributed by atoms with Crippen LogP contribution in [0.1, 0.15) is 65.5 Å². The number of hydrogen-bond acceptors (Lipinski definition) is 1. The standard InChI is InChI=1S/C34H38NO/c1-21-15-16-24-22-12-11-13-23(29(22)36-30(24)27(21)26-14-9-10-19-35(26)8)25-20-34(6,7)31-28(25)32(2,3)17-18-33(31,4)5/h9-16,19-20H,17-18H2,1-8H3/q+1. The zero-order valence-corrected chi connectivity index (χ0v) is 23.0. The van der Waals surface area contributed by atoms with E-state index in [-0.39, 0.29) is 16.2 Å². The quantitative estimate of drug-likeness (QED) is 0.264. The number of hydrogen-bond donors (Lipinski definition) is 0. The lowest BCUT2D eigenvalue weighted by Gasteiger charge is -2.46. The van der Waals surface area contributed by atoms with Gasteiger partial charge in [0.05, 0.1) is 5.56 Å². The molecule has 0 amide bonds. The van der Waals surface area contributed by atoms with E-state index >= 15 is 0 Å². The van der Waals surface area contributed by atoms with Crippen molar-refractivity contribution in [3.8, 4) is 11.3 Å². The fourth-order valence-corrected chi connectivity index (χ4v) is 7.24. The van der Waals surface area contributed by atoms with Crippen molar-refractivity contribution in [3.05, 3.63) is 83.1 Å². The highest BCUT2D eigenvalue weighted by atomic mass is 16.3. The Hall–Kier alpha value is -3.13. The molecule has 0 aliphatic heterocycles. The molecular weight excluding hydrogens is 438 g/mol. The highest BCUT2D eigenvalue weighted by Gasteiger charge is 2.49. The predicted octanol–water partition coefficient (Wildman–Crippen LogP) is 8.95. The molecule has 2 aromatic heterocycles. The molecule has 0 saturated heterocycles. The number of aryl methyl sites for hydroxylation is 2. The van der Waals surface area contributed by atoms with Crippen LogP contribution >= 0.6 is 0 Å². The smallest absolute Gasteiger partial charge is 0.216 e. The summed E-state index contributed by atoms with van der Waals surface area (Å²) in [4.78, 5) is 0. The number of furan rings is 1. The molecule has 0 saturated carbocycles. The fourth-order valence-electron chi connectivity index (χ4n) is 7.24. The summed E-state index contributed by atoms with van der Waals surface area (Å²) in [5.41, 5.74) is 11.7. The lowest BCUT2D eigenvalue weighted by molar-refractivity contribution is -0.660. The third-order valence-corrected chi connectivity index (χ3v) is 8.87. The molecule has 4 aromatic rings. The molecule has 0 fully saturated rings. The van der Waals surface area contributed by atoms with Crippen molar-refractivity contribution in [2.24, 2.45) is 23.3 Å². The molecule has 6 rings (SSSR count). The molecule has 2 nitrogen and oxygen atoms in total. The second-order valence-electron chi connectivity index (χ2n) is 12.9. The summed E-state index contributed by atoms with van der Waals surface area (Å²) >= 11 is 0. The van der Waals surface area contributed by atoms with Gasteiger partial charge >= 0.3 is 0 Å². The number of benzene rings is 2. The lowest BCUT2D eigenvalue weighted by atomic mass is 9.59. The van der Waals surface area contributed by atoms with Crippen LogP contribution in [0.3, 0.4) is 0 Å². The lowest BCUT2D eigenvalue weighted by Crippen LogP contribution is -2.34. The van der Waals surface area contributed by atoms with Crippen LogP contribution in [-0.2, 0) is 7.05 Å². The van der Waals surface area contributed by atoms with Crippen molar-refractivity contribution >= 4 is 27.5 Å². The maximum Gasteiger partial charge on any atom is 0.216 e. The molecule has 36 heavy (non-hydrogen) atoms. The van der Waals surface area contributed by atoms with Crippen LogP contribution in [0.5, 0.6) is 0 Å². The van der Waals surface area contributed by atoms with Gasteiger partial charge in [0.1, 0.15) is 18.2 Å². The van der Waals surface area contributed by atoms with E-state index in [1.54, 1.807) is 11.1 Å². The van der Waals surface area contributed by atoms with Crippen LogP contribution < -0.4 is 4.57 Å². The summed E-state index contributed by atoms with van der Waals surface area (Å²) in [7, 11) is 2.11. The third kappa shape index (κ3) is 3.19. The van der Waals surface area contributed by atoms with Gasteiger partial charge in [-0.15, -0.1) is 0 Å². The highest BCUT2D eigenvalue weighted by Crippen LogP contribution is 2.62. The topological polar surface area (TPSA) is 17.0 Å². The van der Waals surface area contributed by atoms with E-state index in [0.29, 0.717) is 0 Å². The highest BCUT2D eigenvalue weighted by molar-refractivity contribution is 6.13. The molecule has 0 N–H and O–H groups in total. The third-order valence-electron chi connectivity index (χ3n) is 8.87. The summed E-state index contributed by atoms with van der Waals surface area (Å²) in [5.74, 6) is 0. The van der Waals surface area contributed by atoms with Gasteiger partial charge in [-0.25, -0.2) is 4.57 Å². The molecule has 2 heterocycles. The van der Waals surface area contributed by atoms with Gasteiger partial charge in [-0.2, -0.15) is 0 Å². The van der Waals surface area contributed by atoms with Crippen molar-refractivity contribution < 1.29 is 8.98 Å². The van der Waals surface area contributed by atoms with Gasteiger partial charge in [0.25, 0.3) is 0 Å². The number of para-hydroxylation sites is 1. The summed E-state index contributed by atoms with van der Waals surface area (Å²) in [6.45, 7) is 16.7. The first-order chi connectivity index (χ1) is 16.9. The van der Waals surface area contributed by atoms with E-state index in [1.807, 2.05) is 0 Å². The molecule has 0 bridgehead atoms. The number of nitrogens with zero attached hydrogens (tertiary/aromatic N) is 1. The van der Waals surface area contributed by atoms with Gasteiger partial charge in [-0.1, -0.05) is 83.5 Å². The van der Waals surface area contributed by atoms with Crippen molar-refractivity contribution in [2.45, 2.75) is 61.3 Å². The number of aromatic nitrogens is 1. The second kappa shape index (κ2) is 7.44. The van der Waals surface area contributed by atoms with E-state index in [0.717, 1.165) is 11.2 Å². The van der Waals surface area contributed by atoms with E-state index in [9.17, 15) is 0 Å². The summed E-state index contributed by atoms with van der Waals surface area (Å²) in [6, 6.07) is 17.5. The van der Waals surface area contributed by atoms with Gasteiger partial charge in [0, 0.05) is 33.9 Å². The van der Waals surface area contributed by atoms with Crippen LogP contribution in [-0.4, -0.2) is 0 Å². The Balaban J connectivity index is 1.67. The van der Waals surface area contributed by atoms with Gasteiger partial charge in [-0.05, 0) is 53.4 Å². The Labute approximate surface area is 215 Å². The van der Waals surface area contributed by atoms with Gasteiger partial charge in [0.15, 0.2) is 6.20 Å². The monoisotopic (exact) mass is 476 g/mol. The first-order valence-electron chi connectivity index (χ1n) is 13.3. The van der Waals surface area contributed by atoms with Crippen LogP contribution in [0.15, 0.2) is 76.4 Å². The second-order valence-corrected chi connectivity index (χ2v) is 12.9. The number of rotatable bonds is 2. The maximum atomic E-state index is 6.91. The first kappa shape index (κ1) is 23.3. The minimum atomic E-state index is 0.0274. The molecule has 0 unspecified atom stereocenters. The molecule has 2 aliphatic rings. The van der Waals surface area contributed by atoms with Crippen LogP contribution in [0, 0.1) is 23.2 Å². The minimum Gasteiger partial charge on any atom is -0.454 e. The zero-order chi connectivity index (χ0) is 25.6. The van der Waals surface area contributed by atoms with E-state index in [4.69, 9.17) is 4.42 Å². The van der Waals surface area contributed by atoms with E-state index in [2.05, 4.69) is 121 Å². The van der Waals surface area contributed by atoms with Gasteiger partial charge in [-0.3, -0.25) is 0 Å². The fraction of sp³-hybridized carbons (Fsp3) is 0.382. The van der Waals surface area contributed by atoms with Crippen molar-refractivity contribution in [2.75, 3.05) is 0 Å². The van der Waals surface area contributed by atoms with Gasteiger partial charge in [0.2, 0.25) is 5.69 Å². The maximum absolute atomic E-state index is 6.91. The predicted molar refractivity (Wildman–Crippen MR) is 151 cm³/mol. The molecule has 184 valence electrons. The molecule has 2 aromatic carbocycles. The van der Waals surface area contributed by atoms with Crippen LogP contribution in [0.4, 0.5) is 0 Å². The normalized spacial score (nSPS) is 20.2. The first-order valence-corrected chi connectivity index (χ1v) is 13.3. The Morgan fingerprint density at radius 2 is 1.50 bits per heavy atom. The summed E-state index contributed by atoms with van der Waals surface area (Å²) in [5, 5.41) is 2.38. The average molecular weight is 477 g/mol. The number of pyridine rings is 1.